The number of halogens is 3. The van der Waals surface area contributed by atoms with Crippen molar-refractivity contribution in [3.05, 3.63) is 91.9 Å². The minimum atomic E-state index is -0.334. The van der Waals surface area contributed by atoms with Gasteiger partial charge in [0, 0.05) is 31.8 Å². The fraction of sp³-hybridized carbons (Fsp3) is 0.441. The summed E-state index contributed by atoms with van der Waals surface area (Å²) >= 11 is 19.1. The number of nitrogens with zero attached hydrogens (tertiary/aromatic N) is 1. The molecular formula is C34H41Cl3N2O4. The van der Waals surface area contributed by atoms with Gasteiger partial charge < -0.3 is 24.8 Å². The number of hydrogen-bond donors (Lipinski definition) is 1. The zero-order valence-corrected chi connectivity index (χ0v) is 27.2. The second-order valence-corrected chi connectivity index (χ2v) is 12.4. The molecule has 0 saturated heterocycles. The average Bonchev–Trinajstić information content (AvgIpc) is 2.96. The van der Waals surface area contributed by atoms with E-state index in [1.165, 1.54) is 6.42 Å². The van der Waals surface area contributed by atoms with Gasteiger partial charge in [0.1, 0.15) is 19.0 Å². The third kappa shape index (κ3) is 9.75. The summed E-state index contributed by atoms with van der Waals surface area (Å²) in [4.78, 5) is 15.8. The summed E-state index contributed by atoms with van der Waals surface area (Å²) in [5.41, 5.74) is 10.3. The average molecular weight is 648 g/mol. The second-order valence-electron chi connectivity index (χ2n) is 11.2. The lowest BCUT2D eigenvalue weighted by atomic mass is 9.84. The zero-order valence-electron chi connectivity index (χ0n) is 24.9. The highest BCUT2D eigenvalue weighted by Crippen LogP contribution is 2.34. The monoisotopic (exact) mass is 646 g/mol. The predicted molar refractivity (Wildman–Crippen MR) is 175 cm³/mol. The minimum Gasteiger partial charge on any atom is -0.490 e. The topological polar surface area (TPSA) is 74.0 Å². The first-order valence-electron chi connectivity index (χ1n) is 14.8. The predicted octanol–water partition coefficient (Wildman–Crippen LogP) is 7.55. The van der Waals surface area contributed by atoms with Crippen LogP contribution in [0.5, 0.6) is 11.5 Å². The first-order chi connectivity index (χ1) is 20.8. The van der Waals surface area contributed by atoms with Crippen molar-refractivity contribution in [3.63, 3.8) is 0 Å². The van der Waals surface area contributed by atoms with Gasteiger partial charge in [0.25, 0.3) is 0 Å². The van der Waals surface area contributed by atoms with E-state index >= 15 is 0 Å². The van der Waals surface area contributed by atoms with Gasteiger partial charge in [-0.05, 0) is 91.1 Å². The maximum atomic E-state index is 13.9. The lowest BCUT2D eigenvalue weighted by molar-refractivity contribution is -0.137. The summed E-state index contributed by atoms with van der Waals surface area (Å²) in [6, 6.07) is 17.4. The quantitative estimate of drug-likeness (QED) is 0.163. The molecule has 1 aliphatic rings. The third-order valence-corrected chi connectivity index (χ3v) is 8.79. The van der Waals surface area contributed by atoms with Crippen molar-refractivity contribution < 1.29 is 19.0 Å². The standard InChI is InChI=1S/C34H41Cl3N2O4/c1-23-16-31(36)33(32(37)17-23)43-15-14-42-29-9-6-24(7-10-29)18-27(20-38)34(40)39(21-26-4-3-5-26)22-28-19-25(12-13-41-2)8-11-30(28)35/h6-11,16-17,19,26-27H,3-5,12-15,18,20-22,38H2,1-2H3/t27-/m1/s1. The normalized spacial score (nSPS) is 13.8. The maximum absolute atomic E-state index is 13.9. The van der Waals surface area contributed by atoms with Gasteiger partial charge in [0.15, 0.2) is 5.75 Å². The lowest BCUT2D eigenvalue weighted by Gasteiger charge is -2.34. The van der Waals surface area contributed by atoms with E-state index in [0.29, 0.717) is 65.3 Å². The molecule has 0 aromatic heterocycles. The van der Waals surface area contributed by atoms with E-state index < -0.39 is 0 Å². The first kappa shape index (κ1) is 33.4. The molecule has 1 atom stereocenters. The molecule has 0 aliphatic heterocycles. The fourth-order valence-electron chi connectivity index (χ4n) is 5.21. The minimum absolute atomic E-state index is 0.0682. The smallest absolute Gasteiger partial charge is 0.227 e. The summed E-state index contributed by atoms with van der Waals surface area (Å²) in [7, 11) is 1.69. The van der Waals surface area contributed by atoms with Gasteiger partial charge in [0.2, 0.25) is 5.91 Å². The van der Waals surface area contributed by atoms with Gasteiger partial charge >= 0.3 is 0 Å². The molecule has 1 amide bonds. The Morgan fingerprint density at radius 3 is 2.23 bits per heavy atom. The molecule has 1 fully saturated rings. The summed E-state index contributed by atoms with van der Waals surface area (Å²) in [5, 5.41) is 1.62. The van der Waals surface area contributed by atoms with Gasteiger partial charge in [-0.1, -0.05) is 65.5 Å². The van der Waals surface area contributed by atoms with Crippen LogP contribution in [-0.2, 0) is 28.9 Å². The van der Waals surface area contributed by atoms with Gasteiger partial charge in [-0.3, -0.25) is 4.79 Å². The fourth-order valence-corrected chi connectivity index (χ4v) is 6.10. The summed E-state index contributed by atoms with van der Waals surface area (Å²) in [6.07, 6.45) is 4.86. The molecule has 9 heteroatoms. The molecule has 0 radical (unpaired) electrons. The van der Waals surface area contributed by atoms with Crippen LogP contribution < -0.4 is 15.2 Å². The molecule has 1 saturated carbocycles. The van der Waals surface area contributed by atoms with Gasteiger partial charge in [-0.15, -0.1) is 0 Å². The Hall–Kier alpha value is -2.48. The van der Waals surface area contributed by atoms with E-state index in [0.717, 1.165) is 48.1 Å². The molecule has 2 N–H and O–H groups in total. The number of ether oxygens (including phenoxy) is 3. The van der Waals surface area contributed by atoms with Crippen LogP contribution in [0.25, 0.3) is 0 Å². The Balaban J connectivity index is 1.35. The number of methoxy groups -OCH3 is 1. The van der Waals surface area contributed by atoms with Crippen LogP contribution in [0.3, 0.4) is 0 Å². The van der Waals surface area contributed by atoms with E-state index in [2.05, 4.69) is 6.07 Å². The van der Waals surface area contributed by atoms with Crippen molar-refractivity contribution in [2.45, 2.75) is 45.6 Å². The van der Waals surface area contributed by atoms with E-state index in [-0.39, 0.29) is 18.4 Å². The van der Waals surface area contributed by atoms with Crippen LogP contribution in [0.4, 0.5) is 0 Å². The van der Waals surface area contributed by atoms with Crippen molar-refractivity contribution in [1.82, 2.24) is 4.90 Å². The highest BCUT2D eigenvalue weighted by Gasteiger charge is 2.29. The van der Waals surface area contributed by atoms with Crippen molar-refractivity contribution in [2.24, 2.45) is 17.6 Å². The van der Waals surface area contributed by atoms with Crippen LogP contribution in [0.15, 0.2) is 54.6 Å². The molecule has 3 aromatic rings. The van der Waals surface area contributed by atoms with Crippen LogP contribution in [0.1, 0.15) is 41.5 Å². The molecule has 43 heavy (non-hydrogen) atoms. The number of carbonyl (C=O) groups excluding carboxylic acids is 1. The van der Waals surface area contributed by atoms with Crippen LogP contribution >= 0.6 is 34.8 Å². The lowest BCUT2D eigenvalue weighted by Crippen LogP contribution is -2.43. The van der Waals surface area contributed by atoms with Crippen molar-refractivity contribution >= 4 is 40.7 Å². The van der Waals surface area contributed by atoms with Crippen LogP contribution in [0, 0.1) is 18.8 Å². The molecule has 0 spiro atoms. The largest absolute Gasteiger partial charge is 0.490 e. The molecule has 0 heterocycles. The number of nitrogens with two attached hydrogens (primary N) is 1. The number of hydrogen-bond acceptors (Lipinski definition) is 5. The summed E-state index contributed by atoms with van der Waals surface area (Å²) in [5.74, 6) is 1.42. The highest BCUT2D eigenvalue weighted by molar-refractivity contribution is 6.37. The Morgan fingerprint density at radius 2 is 1.60 bits per heavy atom. The Labute approximate surface area is 270 Å². The number of carbonyl (C=O) groups is 1. The van der Waals surface area contributed by atoms with Crippen LogP contribution in [0.2, 0.25) is 15.1 Å². The van der Waals surface area contributed by atoms with Gasteiger partial charge in [0.05, 0.1) is 22.6 Å². The summed E-state index contributed by atoms with van der Waals surface area (Å²) < 4.78 is 16.8. The molecule has 232 valence electrons. The molecule has 6 nitrogen and oxygen atoms in total. The number of benzene rings is 3. The number of aryl methyl sites for hydroxylation is 1. The molecule has 0 bridgehead atoms. The maximum Gasteiger partial charge on any atom is 0.227 e. The van der Waals surface area contributed by atoms with E-state index in [1.807, 2.05) is 60.4 Å². The SMILES string of the molecule is COCCc1ccc(Cl)c(CN(CC2CCC2)C(=O)[C@@H](CN)Cc2ccc(OCCOc3c(Cl)cc(C)cc3Cl)cc2)c1. The highest BCUT2D eigenvalue weighted by atomic mass is 35.5. The summed E-state index contributed by atoms with van der Waals surface area (Å²) in [6.45, 7) is 4.64. The molecule has 1 aliphatic carbocycles. The third-order valence-electron chi connectivity index (χ3n) is 7.86. The first-order valence-corrected chi connectivity index (χ1v) is 16.0. The second kappa shape index (κ2) is 16.6. The number of rotatable bonds is 16. The van der Waals surface area contributed by atoms with Crippen molar-refractivity contribution in [3.8, 4) is 11.5 Å². The molecule has 0 unspecified atom stereocenters. The van der Waals surface area contributed by atoms with Crippen LogP contribution in [-0.4, -0.2) is 50.8 Å². The Morgan fingerprint density at radius 1 is 0.930 bits per heavy atom. The van der Waals surface area contributed by atoms with E-state index in [9.17, 15) is 4.79 Å². The molecule has 4 rings (SSSR count). The molecule has 3 aromatic carbocycles. The number of amides is 1. The van der Waals surface area contributed by atoms with E-state index in [1.54, 1.807) is 7.11 Å². The van der Waals surface area contributed by atoms with E-state index in [4.69, 9.17) is 54.7 Å². The Kier molecular flexibility index (Phi) is 12.9. The van der Waals surface area contributed by atoms with Crippen molar-refractivity contribution in [1.29, 1.82) is 0 Å². The zero-order chi connectivity index (χ0) is 30.8. The Bertz CT molecular complexity index is 1320. The van der Waals surface area contributed by atoms with Gasteiger partial charge in [-0.2, -0.15) is 0 Å². The molecular weight excluding hydrogens is 607 g/mol. The van der Waals surface area contributed by atoms with Gasteiger partial charge in [-0.25, -0.2) is 0 Å². The van der Waals surface area contributed by atoms with Crippen molar-refractivity contribution in [2.75, 3.05) is 40.0 Å².